The minimum atomic E-state index is -4.70. The van der Waals surface area contributed by atoms with Gasteiger partial charge in [0.25, 0.3) is 0 Å². The van der Waals surface area contributed by atoms with Crippen molar-refractivity contribution in [2.24, 2.45) is 0 Å². The molecule has 1 aliphatic carbocycles. The summed E-state index contributed by atoms with van der Waals surface area (Å²) in [6.07, 6.45) is 0.439. The van der Waals surface area contributed by atoms with E-state index in [0.29, 0.717) is 6.54 Å². The van der Waals surface area contributed by atoms with Crippen LogP contribution in [0.2, 0.25) is 0 Å². The van der Waals surface area contributed by atoms with Gasteiger partial charge in [0, 0.05) is 38.6 Å². The van der Waals surface area contributed by atoms with Gasteiger partial charge in [-0.15, -0.1) is 0 Å². The van der Waals surface area contributed by atoms with Crippen molar-refractivity contribution in [1.29, 1.82) is 0 Å². The second kappa shape index (κ2) is 14.4. The molecule has 2 atom stereocenters. The fourth-order valence-corrected chi connectivity index (χ4v) is 5.50. The Kier molecular flexibility index (Phi) is 10.9. The maximum atomic E-state index is 13.6. The predicted molar refractivity (Wildman–Crippen MR) is 152 cm³/mol. The molecule has 13 heteroatoms. The molecule has 0 radical (unpaired) electrons. The Bertz CT molecular complexity index is 1250. The van der Waals surface area contributed by atoms with Crippen molar-refractivity contribution >= 4 is 17.7 Å². The molecule has 0 saturated heterocycles. The number of ether oxygens (including phenoxy) is 1. The maximum Gasteiger partial charge on any atom is 0.418 e. The van der Waals surface area contributed by atoms with Crippen LogP contribution in [0.3, 0.4) is 0 Å². The molecular weight excluding hydrogens is 570 g/mol. The molecule has 1 saturated carbocycles. The van der Waals surface area contributed by atoms with Crippen LogP contribution in [0.4, 0.5) is 23.4 Å². The number of aromatic nitrogens is 2. The lowest BCUT2D eigenvalue weighted by Crippen LogP contribution is -2.48. The zero-order valence-corrected chi connectivity index (χ0v) is 24.3. The number of anilines is 1. The van der Waals surface area contributed by atoms with Crippen LogP contribution in [0.5, 0.6) is 0 Å². The average Bonchev–Trinajstić information content (AvgIpc) is 3.81. The summed E-state index contributed by atoms with van der Waals surface area (Å²) in [6, 6.07) is 4.81. The molecule has 2 aliphatic rings. The lowest BCUT2D eigenvalue weighted by Gasteiger charge is -2.27. The van der Waals surface area contributed by atoms with E-state index < -0.39 is 47.9 Å². The van der Waals surface area contributed by atoms with Gasteiger partial charge in [-0.05, 0) is 81.7 Å². The number of carbonyl (C=O) groups is 2. The van der Waals surface area contributed by atoms with E-state index in [1.165, 1.54) is 18.9 Å². The molecule has 3 heterocycles. The summed E-state index contributed by atoms with van der Waals surface area (Å²) in [7, 11) is 1.40. The fraction of sp³-hybridized carbons (Fsp3) is 0.600. The van der Waals surface area contributed by atoms with E-state index >= 15 is 0 Å². The first-order valence-electron chi connectivity index (χ1n) is 14.7. The Morgan fingerprint density at radius 3 is 2.67 bits per heavy atom. The molecule has 9 nitrogen and oxygen atoms in total. The Balaban J connectivity index is 1.35. The van der Waals surface area contributed by atoms with E-state index in [0.717, 1.165) is 62.3 Å². The predicted octanol–water partition coefficient (Wildman–Crippen LogP) is 4.15. The topological polar surface area (TPSA) is 117 Å². The standard InChI is InChI=1S/C30H39F4N5O4/c1-43-22(18-31)19-39(16-3-2-7-21-10-9-20-6-4-15-36-26(20)37-21)17-11-24(27(40)41)38-28(42)29(12-13-29)25-23(30(32,33)34)8-5-14-35-25/h5,8-10,14,22,24H,2-4,6-7,11-13,15-19H2,1H3,(H,36,37)(H,38,42)(H,40,41). The van der Waals surface area contributed by atoms with Crippen LogP contribution in [-0.2, 0) is 38.8 Å². The van der Waals surface area contributed by atoms with Crippen molar-refractivity contribution in [2.45, 2.75) is 75.1 Å². The van der Waals surface area contributed by atoms with Gasteiger partial charge in [0.05, 0.1) is 22.8 Å². The smallest absolute Gasteiger partial charge is 0.418 e. The highest BCUT2D eigenvalue weighted by Crippen LogP contribution is 2.51. The first-order chi connectivity index (χ1) is 20.6. The van der Waals surface area contributed by atoms with E-state index in [1.54, 1.807) is 0 Å². The highest BCUT2D eigenvalue weighted by molar-refractivity contribution is 5.93. The lowest BCUT2D eigenvalue weighted by atomic mass is 9.95. The van der Waals surface area contributed by atoms with Crippen LogP contribution in [-0.4, -0.2) is 84.0 Å². The second-order valence-corrected chi connectivity index (χ2v) is 11.2. The van der Waals surface area contributed by atoms with Crippen molar-refractivity contribution in [3.05, 3.63) is 53.0 Å². The molecule has 1 aliphatic heterocycles. The van der Waals surface area contributed by atoms with E-state index in [-0.39, 0.29) is 38.0 Å². The van der Waals surface area contributed by atoms with Crippen LogP contribution in [0, 0.1) is 0 Å². The van der Waals surface area contributed by atoms with Crippen LogP contribution >= 0.6 is 0 Å². The largest absolute Gasteiger partial charge is 0.480 e. The van der Waals surface area contributed by atoms with Crippen LogP contribution in [0.15, 0.2) is 30.5 Å². The number of hydrogen-bond donors (Lipinski definition) is 3. The summed E-state index contributed by atoms with van der Waals surface area (Å²) in [5, 5.41) is 15.6. The molecule has 1 fully saturated rings. The number of fused-ring (bicyclic) bond motifs is 1. The molecule has 0 bridgehead atoms. The molecule has 2 aromatic rings. The molecular formula is C30H39F4N5O4. The van der Waals surface area contributed by atoms with Gasteiger partial charge >= 0.3 is 12.1 Å². The van der Waals surface area contributed by atoms with Crippen molar-refractivity contribution < 1.29 is 37.0 Å². The number of hydrogen-bond acceptors (Lipinski definition) is 7. The minimum Gasteiger partial charge on any atom is -0.480 e. The van der Waals surface area contributed by atoms with Crippen LogP contribution in [0.1, 0.15) is 61.0 Å². The highest BCUT2D eigenvalue weighted by Gasteiger charge is 2.56. The second-order valence-electron chi connectivity index (χ2n) is 11.2. The molecule has 236 valence electrons. The summed E-state index contributed by atoms with van der Waals surface area (Å²) >= 11 is 0. The number of alkyl halides is 4. The number of pyridine rings is 2. The number of nitrogens with one attached hydrogen (secondary N) is 2. The summed E-state index contributed by atoms with van der Waals surface area (Å²) in [6.45, 7) is 1.16. The number of aliphatic carboxylic acids is 1. The van der Waals surface area contributed by atoms with Gasteiger partial charge in [-0.3, -0.25) is 9.78 Å². The number of carbonyl (C=O) groups excluding carboxylic acids is 1. The SMILES string of the molecule is COC(CF)CN(CCCCc1ccc2c(n1)NCCC2)CCC(NC(=O)C1(c2ncccc2C(F)(F)F)CC1)C(=O)O. The minimum absolute atomic E-state index is 0.0216. The number of aryl methyl sites for hydroxylation is 2. The molecule has 43 heavy (non-hydrogen) atoms. The van der Waals surface area contributed by atoms with Crippen LogP contribution < -0.4 is 10.6 Å². The zero-order valence-electron chi connectivity index (χ0n) is 24.3. The summed E-state index contributed by atoms with van der Waals surface area (Å²) in [5.41, 5.74) is -0.719. The maximum absolute atomic E-state index is 13.6. The molecule has 3 N–H and O–H groups in total. The van der Waals surface area contributed by atoms with E-state index in [2.05, 4.69) is 21.7 Å². The Labute approximate surface area is 248 Å². The number of unbranched alkanes of at least 4 members (excludes halogenated alkanes) is 1. The van der Waals surface area contributed by atoms with Crippen LogP contribution in [0.25, 0.3) is 0 Å². The normalized spacial score (nSPS) is 17.1. The third-order valence-corrected chi connectivity index (χ3v) is 8.16. The Morgan fingerprint density at radius 2 is 2.00 bits per heavy atom. The van der Waals surface area contributed by atoms with Gasteiger partial charge in [-0.25, -0.2) is 14.2 Å². The number of methoxy groups -OCH3 is 1. The summed E-state index contributed by atoms with van der Waals surface area (Å²) in [5.74, 6) is -1.16. The highest BCUT2D eigenvalue weighted by atomic mass is 19.4. The fourth-order valence-electron chi connectivity index (χ4n) is 5.50. The van der Waals surface area contributed by atoms with E-state index in [9.17, 15) is 32.3 Å². The number of carboxylic acid groups (broad SMARTS) is 1. The first-order valence-corrected chi connectivity index (χ1v) is 14.7. The van der Waals surface area contributed by atoms with Gasteiger partial charge in [0.2, 0.25) is 5.91 Å². The number of amides is 1. The van der Waals surface area contributed by atoms with E-state index in [4.69, 9.17) is 9.72 Å². The van der Waals surface area contributed by atoms with Crippen molar-refractivity contribution in [1.82, 2.24) is 20.2 Å². The number of nitrogens with zero attached hydrogens (tertiary/aromatic N) is 3. The van der Waals surface area contributed by atoms with Gasteiger partial charge in [0.15, 0.2) is 0 Å². The van der Waals surface area contributed by atoms with Gasteiger partial charge in [-0.2, -0.15) is 13.2 Å². The number of rotatable bonds is 16. The molecule has 2 unspecified atom stereocenters. The van der Waals surface area contributed by atoms with E-state index in [1.807, 2.05) is 11.0 Å². The Hall–Kier alpha value is -3.32. The monoisotopic (exact) mass is 609 g/mol. The molecule has 4 rings (SSSR count). The third kappa shape index (κ3) is 8.41. The molecule has 2 aromatic heterocycles. The average molecular weight is 610 g/mol. The van der Waals surface area contributed by atoms with Gasteiger partial charge < -0.3 is 25.4 Å². The molecule has 0 spiro atoms. The van der Waals surface area contributed by atoms with Crippen molar-refractivity contribution in [2.75, 3.05) is 45.3 Å². The quantitative estimate of drug-likeness (QED) is 0.192. The summed E-state index contributed by atoms with van der Waals surface area (Å²) in [4.78, 5) is 35.8. The van der Waals surface area contributed by atoms with Crippen molar-refractivity contribution in [3.63, 3.8) is 0 Å². The first kappa shape index (κ1) is 32.6. The lowest BCUT2D eigenvalue weighted by molar-refractivity contribution is -0.143. The van der Waals surface area contributed by atoms with Crippen molar-refractivity contribution in [3.8, 4) is 0 Å². The summed E-state index contributed by atoms with van der Waals surface area (Å²) < 4.78 is 59.5. The molecule has 0 aromatic carbocycles. The molecule has 1 amide bonds. The third-order valence-electron chi connectivity index (χ3n) is 8.16. The number of halogens is 4. The Morgan fingerprint density at radius 1 is 1.21 bits per heavy atom. The van der Waals surface area contributed by atoms with Gasteiger partial charge in [0.1, 0.15) is 18.5 Å². The van der Waals surface area contributed by atoms with Gasteiger partial charge in [-0.1, -0.05) is 6.07 Å². The zero-order chi connectivity index (χ0) is 31.0. The number of carboxylic acids is 1.